The maximum Gasteiger partial charge on any atom is 0.119 e. The molecule has 0 fully saturated rings. The van der Waals surface area contributed by atoms with Crippen molar-refractivity contribution in [3.63, 3.8) is 0 Å². The van der Waals surface area contributed by atoms with Crippen LogP contribution >= 0.6 is 0 Å². The van der Waals surface area contributed by atoms with Crippen molar-refractivity contribution in [2.75, 3.05) is 26.7 Å². The first-order valence-corrected chi connectivity index (χ1v) is 7.75. The van der Waals surface area contributed by atoms with E-state index < -0.39 is 0 Å². The molecule has 1 rings (SSSR count). The van der Waals surface area contributed by atoms with Gasteiger partial charge in [0.25, 0.3) is 0 Å². The van der Waals surface area contributed by atoms with Crippen LogP contribution < -0.4 is 10.5 Å². The second-order valence-corrected chi connectivity index (χ2v) is 5.62. The maximum absolute atomic E-state index is 5.97. The molecule has 3 nitrogen and oxygen atoms in total. The number of hydrogen-bond acceptors (Lipinski definition) is 3. The van der Waals surface area contributed by atoms with Gasteiger partial charge in [0.15, 0.2) is 0 Å². The molecule has 0 aromatic heterocycles. The lowest BCUT2D eigenvalue weighted by Crippen LogP contribution is -2.33. The predicted molar refractivity (Wildman–Crippen MR) is 86.1 cm³/mol. The zero-order chi connectivity index (χ0) is 15.0. The van der Waals surface area contributed by atoms with Crippen molar-refractivity contribution >= 4 is 0 Å². The average Bonchev–Trinajstić information content (AvgIpc) is 2.47. The van der Waals surface area contributed by atoms with E-state index in [1.165, 1.54) is 12.0 Å². The lowest BCUT2D eigenvalue weighted by molar-refractivity contribution is 0.215. The van der Waals surface area contributed by atoms with Crippen molar-refractivity contribution in [1.29, 1.82) is 0 Å². The third-order valence-corrected chi connectivity index (χ3v) is 3.79. The van der Waals surface area contributed by atoms with E-state index in [2.05, 4.69) is 44.9 Å². The Morgan fingerprint density at radius 2 is 1.85 bits per heavy atom. The first-order chi connectivity index (χ1) is 9.62. The second-order valence-electron chi connectivity index (χ2n) is 5.62. The number of likely N-dealkylation sites (N-methyl/N-ethyl adjacent to an activating group) is 1. The molecule has 1 aromatic rings. The quantitative estimate of drug-likeness (QED) is 0.752. The molecule has 0 aliphatic carbocycles. The van der Waals surface area contributed by atoms with Gasteiger partial charge in [0.1, 0.15) is 5.75 Å². The first kappa shape index (κ1) is 17.0. The topological polar surface area (TPSA) is 38.5 Å². The van der Waals surface area contributed by atoms with Gasteiger partial charge in [0.2, 0.25) is 0 Å². The number of hydrogen-bond donors (Lipinski definition) is 1. The molecule has 0 aliphatic heterocycles. The van der Waals surface area contributed by atoms with Gasteiger partial charge in [-0.1, -0.05) is 39.3 Å². The Kier molecular flexibility index (Phi) is 7.63. The zero-order valence-electron chi connectivity index (χ0n) is 13.4. The normalized spacial score (nSPS) is 14.3. The number of benzene rings is 1. The Bertz CT molecular complexity index is 364. The van der Waals surface area contributed by atoms with Crippen molar-refractivity contribution in [3.8, 4) is 5.75 Å². The Morgan fingerprint density at radius 1 is 1.20 bits per heavy atom. The molecule has 2 N–H and O–H groups in total. The van der Waals surface area contributed by atoms with Crippen LogP contribution in [0.25, 0.3) is 0 Å². The smallest absolute Gasteiger partial charge is 0.119 e. The van der Waals surface area contributed by atoms with Gasteiger partial charge in [0.05, 0.1) is 6.61 Å². The molecule has 3 heteroatoms. The molecule has 0 radical (unpaired) electrons. The molecule has 0 aliphatic rings. The van der Waals surface area contributed by atoms with Crippen molar-refractivity contribution in [2.45, 2.75) is 39.7 Å². The summed E-state index contributed by atoms with van der Waals surface area (Å²) in [6.45, 7) is 9.12. The van der Waals surface area contributed by atoms with Gasteiger partial charge in [0, 0.05) is 19.1 Å². The molecule has 0 heterocycles. The van der Waals surface area contributed by atoms with Crippen LogP contribution in [0.15, 0.2) is 24.3 Å². The van der Waals surface area contributed by atoms with Gasteiger partial charge in [-0.25, -0.2) is 0 Å². The summed E-state index contributed by atoms with van der Waals surface area (Å²) in [6, 6.07) is 8.64. The fourth-order valence-corrected chi connectivity index (χ4v) is 2.32. The number of rotatable bonds is 9. The summed E-state index contributed by atoms with van der Waals surface area (Å²) in [7, 11) is 2.16. The fraction of sp³-hybridized carbons (Fsp3) is 0.647. The van der Waals surface area contributed by atoms with Crippen LogP contribution in [0.2, 0.25) is 0 Å². The van der Waals surface area contributed by atoms with E-state index >= 15 is 0 Å². The Morgan fingerprint density at radius 3 is 2.35 bits per heavy atom. The van der Waals surface area contributed by atoms with Gasteiger partial charge in [-0.2, -0.15) is 0 Å². The highest BCUT2D eigenvalue weighted by Crippen LogP contribution is 2.22. The lowest BCUT2D eigenvalue weighted by atomic mass is 10.0. The van der Waals surface area contributed by atoms with Gasteiger partial charge >= 0.3 is 0 Å². The zero-order valence-corrected chi connectivity index (χ0v) is 13.4. The summed E-state index contributed by atoms with van der Waals surface area (Å²) in [5.74, 6) is 1.64. The number of ether oxygens (including phenoxy) is 1. The van der Waals surface area contributed by atoms with Crippen LogP contribution in [0, 0.1) is 5.92 Å². The van der Waals surface area contributed by atoms with Crippen molar-refractivity contribution in [3.05, 3.63) is 29.8 Å². The third kappa shape index (κ3) is 5.14. The van der Waals surface area contributed by atoms with Crippen LogP contribution in [0.1, 0.15) is 45.2 Å². The highest BCUT2D eigenvalue weighted by molar-refractivity contribution is 5.29. The molecule has 0 saturated heterocycles. The van der Waals surface area contributed by atoms with Crippen LogP contribution in [0.5, 0.6) is 5.75 Å². The van der Waals surface area contributed by atoms with E-state index in [-0.39, 0.29) is 6.04 Å². The van der Waals surface area contributed by atoms with Gasteiger partial charge < -0.3 is 10.5 Å². The molecule has 114 valence electrons. The predicted octanol–water partition coefficient (Wildman–Crippen LogP) is 3.45. The Labute approximate surface area is 124 Å². The second kappa shape index (κ2) is 8.98. The van der Waals surface area contributed by atoms with Crippen LogP contribution in [0.3, 0.4) is 0 Å². The van der Waals surface area contributed by atoms with Crippen molar-refractivity contribution in [2.24, 2.45) is 11.7 Å². The monoisotopic (exact) mass is 278 g/mol. The molecular formula is C17H30N2O. The summed E-state index contributed by atoms with van der Waals surface area (Å²) in [4.78, 5) is 2.36. The summed E-state index contributed by atoms with van der Waals surface area (Å²) in [5, 5.41) is 0. The van der Waals surface area contributed by atoms with Gasteiger partial charge in [-0.15, -0.1) is 0 Å². The van der Waals surface area contributed by atoms with Crippen LogP contribution in [-0.2, 0) is 0 Å². The Balaban J connectivity index is 2.69. The first-order valence-electron chi connectivity index (χ1n) is 7.75. The minimum Gasteiger partial charge on any atom is -0.494 e. The molecule has 0 amide bonds. The molecule has 0 bridgehead atoms. The molecule has 0 saturated carbocycles. The van der Waals surface area contributed by atoms with Crippen LogP contribution in [-0.4, -0.2) is 31.6 Å². The minimum absolute atomic E-state index is 0.282. The summed E-state index contributed by atoms with van der Waals surface area (Å²) in [6.07, 6.45) is 2.23. The van der Waals surface area contributed by atoms with Crippen molar-refractivity contribution < 1.29 is 4.74 Å². The summed E-state index contributed by atoms with van der Waals surface area (Å²) < 4.78 is 5.62. The number of nitrogens with zero attached hydrogens (tertiary/aromatic N) is 1. The lowest BCUT2D eigenvalue weighted by Gasteiger charge is -2.29. The molecule has 2 atom stereocenters. The van der Waals surface area contributed by atoms with E-state index in [0.717, 1.165) is 25.3 Å². The van der Waals surface area contributed by atoms with E-state index in [0.29, 0.717) is 12.5 Å². The summed E-state index contributed by atoms with van der Waals surface area (Å²) in [5.41, 5.74) is 7.23. The highest BCUT2D eigenvalue weighted by Gasteiger charge is 2.17. The van der Waals surface area contributed by atoms with E-state index in [1.54, 1.807) is 0 Å². The largest absolute Gasteiger partial charge is 0.494 e. The molecule has 2 unspecified atom stereocenters. The van der Waals surface area contributed by atoms with Gasteiger partial charge in [-0.3, -0.25) is 4.90 Å². The summed E-state index contributed by atoms with van der Waals surface area (Å²) >= 11 is 0. The fourth-order valence-electron chi connectivity index (χ4n) is 2.32. The molecule has 0 spiro atoms. The SMILES string of the molecule is CCCOc1ccc(C(CN)N(C)CC(C)CC)cc1. The maximum atomic E-state index is 5.97. The minimum atomic E-state index is 0.282. The molecule has 20 heavy (non-hydrogen) atoms. The van der Waals surface area contributed by atoms with Crippen molar-refractivity contribution in [1.82, 2.24) is 4.90 Å². The standard InChI is InChI=1S/C17H30N2O/c1-5-11-20-16-9-7-15(8-10-16)17(12-18)19(4)13-14(3)6-2/h7-10,14,17H,5-6,11-13,18H2,1-4H3. The average molecular weight is 278 g/mol. The third-order valence-electron chi connectivity index (χ3n) is 3.79. The Hall–Kier alpha value is -1.06. The van der Waals surface area contributed by atoms with Crippen LogP contribution in [0.4, 0.5) is 0 Å². The molecular weight excluding hydrogens is 248 g/mol. The van der Waals surface area contributed by atoms with E-state index in [1.807, 2.05) is 12.1 Å². The van der Waals surface area contributed by atoms with E-state index in [9.17, 15) is 0 Å². The van der Waals surface area contributed by atoms with E-state index in [4.69, 9.17) is 10.5 Å². The highest BCUT2D eigenvalue weighted by atomic mass is 16.5. The molecule has 1 aromatic carbocycles. The van der Waals surface area contributed by atoms with Gasteiger partial charge in [-0.05, 0) is 37.1 Å². The number of nitrogens with two attached hydrogens (primary N) is 1.